The molecule has 4 rings (SSSR count). The van der Waals surface area contributed by atoms with E-state index < -0.39 is 0 Å². The zero-order valence-electron chi connectivity index (χ0n) is 15.7. The van der Waals surface area contributed by atoms with Gasteiger partial charge in [0, 0.05) is 0 Å². The maximum Gasteiger partial charge on any atom is -0.0103 e. The predicted molar refractivity (Wildman–Crippen MR) is 121 cm³/mol. The minimum Gasteiger partial charge on any atom is -0.0984 e. The highest BCUT2D eigenvalue weighted by Crippen LogP contribution is 2.27. The van der Waals surface area contributed by atoms with Crippen LogP contribution in [0.25, 0.3) is 34.1 Å². The lowest BCUT2D eigenvalue weighted by atomic mass is 9.95. The maximum atomic E-state index is 3.87. The highest BCUT2D eigenvalue weighted by atomic mass is 14.1. The van der Waals surface area contributed by atoms with E-state index in [2.05, 4.69) is 98.9 Å². The minimum absolute atomic E-state index is 1.15. The van der Waals surface area contributed by atoms with E-state index >= 15 is 0 Å². The third kappa shape index (κ3) is 4.24. The van der Waals surface area contributed by atoms with Gasteiger partial charge in [-0.15, -0.1) is 0 Å². The molecule has 0 bridgehead atoms. The summed E-state index contributed by atoms with van der Waals surface area (Å²) in [5.74, 6) is 0. The first kappa shape index (κ1) is 18.4. The van der Waals surface area contributed by atoms with Gasteiger partial charge in [0.15, 0.2) is 0 Å². The van der Waals surface area contributed by atoms with Gasteiger partial charge < -0.3 is 0 Å². The Balaban J connectivity index is 0.000000159. The van der Waals surface area contributed by atoms with Crippen molar-refractivity contribution in [1.82, 2.24) is 0 Å². The first-order chi connectivity index (χ1) is 13.2. The van der Waals surface area contributed by atoms with Gasteiger partial charge in [-0.1, -0.05) is 116 Å². The largest absolute Gasteiger partial charge is 0.0984 e. The topological polar surface area (TPSA) is 0 Å². The van der Waals surface area contributed by atoms with Crippen LogP contribution in [-0.2, 0) is 0 Å². The van der Waals surface area contributed by atoms with E-state index in [9.17, 15) is 0 Å². The molecule has 0 amide bonds. The van der Waals surface area contributed by atoms with Crippen LogP contribution >= 0.6 is 0 Å². The van der Waals surface area contributed by atoms with Crippen molar-refractivity contribution in [2.24, 2.45) is 0 Å². The molecule has 0 heterocycles. The van der Waals surface area contributed by atoms with Gasteiger partial charge in [0.2, 0.25) is 0 Å². The summed E-state index contributed by atoms with van der Waals surface area (Å²) >= 11 is 0. The van der Waals surface area contributed by atoms with Crippen molar-refractivity contribution < 1.29 is 0 Å². The van der Waals surface area contributed by atoms with E-state index in [0.717, 1.165) is 5.56 Å². The molecule has 4 aromatic carbocycles. The van der Waals surface area contributed by atoms with Crippen molar-refractivity contribution in [1.29, 1.82) is 0 Å². The van der Waals surface area contributed by atoms with E-state index in [-0.39, 0.29) is 0 Å². The molecular weight excluding hydrogens is 324 g/mol. The Kier molecular flexibility index (Phi) is 6.02. The van der Waals surface area contributed by atoms with Crippen LogP contribution in [0.5, 0.6) is 0 Å². The number of aryl methyl sites for hydroxylation is 1. The summed E-state index contributed by atoms with van der Waals surface area (Å²) in [6.45, 7) is 9.84. The fraction of sp³-hybridized carbons (Fsp3) is 0.0370. The Bertz CT molecular complexity index is 1000. The molecule has 0 radical (unpaired) electrons. The van der Waals surface area contributed by atoms with Gasteiger partial charge in [-0.25, -0.2) is 0 Å². The second-order valence-electron chi connectivity index (χ2n) is 6.38. The lowest BCUT2D eigenvalue weighted by Crippen LogP contribution is -1.87. The lowest BCUT2D eigenvalue weighted by Gasteiger charge is -2.09. The number of fused-ring (bicyclic) bond motifs is 1. The fourth-order valence-corrected chi connectivity index (χ4v) is 3.26. The summed E-state index contributed by atoms with van der Waals surface area (Å²) < 4.78 is 0. The summed E-state index contributed by atoms with van der Waals surface area (Å²) in [7, 11) is 0. The summed E-state index contributed by atoms with van der Waals surface area (Å²) in [6, 6.07) is 31.3. The van der Waals surface area contributed by atoms with Crippen LogP contribution in [0.2, 0.25) is 0 Å². The SMILES string of the molecule is C=Cc1cc(C)c2ccccc2c1C=C.c1ccc(-c2ccccc2)cc1. The number of hydrogen-bond donors (Lipinski definition) is 0. The summed E-state index contributed by atoms with van der Waals surface area (Å²) in [5, 5.41) is 2.54. The van der Waals surface area contributed by atoms with Gasteiger partial charge in [0.05, 0.1) is 0 Å². The second-order valence-corrected chi connectivity index (χ2v) is 6.38. The number of rotatable bonds is 3. The zero-order chi connectivity index (χ0) is 19.1. The Morgan fingerprint density at radius 3 is 1.56 bits per heavy atom. The molecule has 4 aromatic rings. The molecule has 0 aliphatic heterocycles. The monoisotopic (exact) mass is 348 g/mol. The molecule has 0 fully saturated rings. The molecular formula is C27H24. The van der Waals surface area contributed by atoms with Crippen LogP contribution in [0.1, 0.15) is 16.7 Å². The van der Waals surface area contributed by atoms with Gasteiger partial charge in [-0.05, 0) is 45.5 Å². The number of hydrogen-bond acceptors (Lipinski definition) is 0. The van der Waals surface area contributed by atoms with E-state index in [0.29, 0.717) is 0 Å². The van der Waals surface area contributed by atoms with E-state index in [1.165, 1.54) is 33.0 Å². The highest BCUT2D eigenvalue weighted by molar-refractivity contribution is 5.95. The lowest BCUT2D eigenvalue weighted by molar-refractivity contribution is 1.50. The summed E-state index contributed by atoms with van der Waals surface area (Å²) in [5.41, 5.74) is 6.16. The minimum atomic E-state index is 1.15. The molecule has 0 aromatic heterocycles. The maximum absolute atomic E-state index is 3.87. The molecule has 0 spiro atoms. The van der Waals surface area contributed by atoms with Crippen LogP contribution in [0.3, 0.4) is 0 Å². The van der Waals surface area contributed by atoms with Gasteiger partial charge in [0.25, 0.3) is 0 Å². The third-order valence-electron chi connectivity index (χ3n) is 4.63. The van der Waals surface area contributed by atoms with Crippen molar-refractivity contribution in [2.75, 3.05) is 0 Å². The van der Waals surface area contributed by atoms with Crippen LogP contribution in [-0.4, -0.2) is 0 Å². The van der Waals surface area contributed by atoms with E-state index in [1.807, 2.05) is 24.3 Å². The van der Waals surface area contributed by atoms with Crippen molar-refractivity contribution in [3.8, 4) is 11.1 Å². The normalized spacial score (nSPS) is 9.96. The van der Waals surface area contributed by atoms with Crippen LogP contribution in [0.4, 0.5) is 0 Å². The smallest absolute Gasteiger partial charge is 0.0103 e. The highest BCUT2D eigenvalue weighted by Gasteiger charge is 2.04. The quantitative estimate of drug-likeness (QED) is 0.354. The van der Waals surface area contributed by atoms with Crippen LogP contribution in [0.15, 0.2) is 104 Å². The van der Waals surface area contributed by atoms with Crippen molar-refractivity contribution in [3.05, 3.63) is 121 Å². The average Bonchev–Trinajstić information content (AvgIpc) is 2.75. The first-order valence-electron chi connectivity index (χ1n) is 9.12. The predicted octanol–water partition coefficient (Wildman–Crippen LogP) is 7.79. The average molecular weight is 348 g/mol. The molecule has 0 nitrogen and oxygen atoms in total. The molecule has 0 N–H and O–H groups in total. The molecule has 132 valence electrons. The molecule has 0 heteroatoms. The third-order valence-corrected chi connectivity index (χ3v) is 4.63. The van der Waals surface area contributed by atoms with Crippen molar-refractivity contribution in [2.45, 2.75) is 6.92 Å². The van der Waals surface area contributed by atoms with E-state index in [1.54, 1.807) is 0 Å². The van der Waals surface area contributed by atoms with Gasteiger partial charge >= 0.3 is 0 Å². The molecule has 0 saturated carbocycles. The Morgan fingerprint density at radius 2 is 1.07 bits per heavy atom. The Labute approximate surface area is 162 Å². The standard InChI is InChI=1S/C15H14.C12H10/c1-4-12-10-11(3)14-8-6-7-9-15(14)13(12)5-2;1-3-7-11(8-4-1)12-9-5-2-6-10-12/h4-10H,1-2H2,3H3;1-10H. The van der Waals surface area contributed by atoms with Crippen LogP contribution < -0.4 is 0 Å². The molecule has 0 saturated heterocycles. The molecule has 0 atom stereocenters. The summed E-state index contributed by atoms with van der Waals surface area (Å²) in [6.07, 6.45) is 3.79. The van der Waals surface area contributed by atoms with E-state index in [4.69, 9.17) is 0 Å². The first-order valence-corrected chi connectivity index (χ1v) is 9.12. The van der Waals surface area contributed by atoms with Gasteiger partial charge in [-0.3, -0.25) is 0 Å². The fourth-order valence-electron chi connectivity index (χ4n) is 3.26. The van der Waals surface area contributed by atoms with Crippen LogP contribution in [0, 0.1) is 6.92 Å². The molecule has 0 aliphatic rings. The van der Waals surface area contributed by atoms with Crippen molar-refractivity contribution in [3.63, 3.8) is 0 Å². The Hall–Kier alpha value is -3.38. The molecule has 27 heavy (non-hydrogen) atoms. The molecule has 0 unspecified atom stereocenters. The zero-order valence-corrected chi connectivity index (χ0v) is 15.7. The van der Waals surface area contributed by atoms with Crippen molar-refractivity contribution >= 4 is 22.9 Å². The summed E-state index contributed by atoms with van der Waals surface area (Å²) in [4.78, 5) is 0. The van der Waals surface area contributed by atoms with Gasteiger partial charge in [0.1, 0.15) is 0 Å². The Morgan fingerprint density at radius 1 is 0.593 bits per heavy atom. The number of benzene rings is 4. The second kappa shape index (κ2) is 8.82. The van der Waals surface area contributed by atoms with Gasteiger partial charge in [-0.2, -0.15) is 0 Å². The molecule has 0 aliphatic carbocycles.